The molecule has 0 unspecified atom stereocenters. The van der Waals surface area contributed by atoms with Crippen molar-refractivity contribution in [1.82, 2.24) is 0 Å². The molecule has 0 amide bonds. The Morgan fingerprint density at radius 2 is 1.80 bits per heavy atom. The number of hydrogen-bond acceptors (Lipinski definition) is 2. The minimum absolute atomic E-state index is 0.0366. The predicted molar refractivity (Wildman–Crippen MR) is 86.2 cm³/mol. The molecule has 0 saturated heterocycles. The summed E-state index contributed by atoms with van der Waals surface area (Å²) in [5.41, 5.74) is 2.08. The first-order chi connectivity index (χ1) is 9.52. The fourth-order valence-corrected chi connectivity index (χ4v) is 2.41. The minimum Gasteiger partial charge on any atom is -0.489 e. The summed E-state index contributed by atoms with van der Waals surface area (Å²) in [7, 11) is 0. The molecule has 0 aliphatic carbocycles. The van der Waals surface area contributed by atoms with E-state index >= 15 is 0 Å². The van der Waals surface area contributed by atoms with Crippen LogP contribution in [0.2, 0.25) is 10.0 Å². The molecule has 0 aliphatic heterocycles. The molecule has 2 nitrogen and oxygen atoms in total. The first kappa shape index (κ1) is 15.0. The van der Waals surface area contributed by atoms with Gasteiger partial charge in [0.15, 0.2) is 0 Å². The van der Waals surface area contributed by atoms with Crippen molar-refractivity contribution in [3.8, 4) is 5.75 Å². The molecule has 106 valence electrons. The van der Waals surface area contributed by atoms with Gasteiger partial charge in [-0.05, 0) is 49.7 Å². The molecule has 0 radical (unpaired) electrons. The summed E-state index contributed by atoms with van der Waals surface area (Å²) in [4.78, 5) is 0. The van der Waals surface area contributed by atoms with Crippen molar-refractivity contribution in [2.45, 2.75) is 20.0 Å². The van der Waals surface area contributed by atoms with Gasteiger partial charge in [-0.1, -0.05) is 35.3 Å². The van der Waals surface area contributed by atoms with E-state index in [4.69, 9.17) is 27.9 Å². The van der Waals surface area contributed by atoms with Gasteiger partial charge >= 0.3 is 0 Å². The molecule has 0 aromatic heterocycles. The zero-order valence-corrected chi connectivity index (χ0v) is 13.0. The van der Waals surface area contributed by atoms with Crippen LogP contribution in [0.25, 0.3) is 0 Å². The lowest BCUT2D eigenvalue weighted by Crippen LogP contribution is -2.22. The fourth-order valence-electron chi connectivity index (χ4n) is 1.88. The topological polar surface area (TPSA) is 21.3 Å². The van der Waals surface area contributed by atoms with Crippen LogP contribution in [-0.4, -0.2) is 12.6 Å². The smallest absolute Gasteiger partial charge is 0.120 e. The van der Waals surface area contributed by atoms with Gasteiger partial charge in [-0.25, -0.2) is 0 Å². The monoisotopic (exact) mass is 309 g/mol. The van der Waals surface area contributed by atoms with Crippen LogP contribution < -0.4 is 10.1 Å². The van der Waals surface area contributed by atoms with Crippen LogP contribution in [0.3, 0.4) is 0 Å². The van der Waals surface area contributed by atoms with Crippen LogP contribution in [0.15, 0.2) is 42.5 Å². The Bertz CT molecular complexity index is 566. The second-order valence-corrected chi connectivity index (χ2v) is 5.66. The van der Waals surface area contributed by atoms with Gasteiger partial charge < -0.3 is 10.1 Å². The zero-order valence-electron chi connectivity index (χ0n) is 11.5. The highest BCUT2D eigenvalue weighted by Gasteiger charge is 2.05. The number of hydrogen-bond donors (Lipinski definition) is 1. The summed E-state index contributed by atoms with van der Waals surface area (Å²) in [6.45, 7) is 4.73. The van der Waals surface area contributed by atoms with Crippen LogP contribution in [0.1, 0.15) is 12.5 Å². The van der Waals surface area contributed by atoms with Crippen LogP contribution in [0, 0.1) is 6.92 Å². The SMILES string of the molecule is Cc1cccc(O[C@H](C)CNc2cc(Cl)cc(Cl)c2)c1. The van der Waals surface area contributed by atoms with E-state index in [0.29, 0.717) is 16.6 Å². The Morgan fingerprint density at radius 1 is 1.10 bits per heavy atom. The molecule has 0 spiro atoms. The van der Waals surface area contributed by atoms with E-state index in [-0.39, 0.29) is 6.10 Å². The minimum atomic E-state index is 0.0366. The molecule has 1 atom stereocenters. The highest BCUT2D eigenvalue weighted by Crippen LogP contribution is 2.22. The number of ether oxygens (including phenoxy) is 1. The van der Waals surface area contributed by atoms with Crippen molar-refractivity contribution in [2.24, 2.45) is 0 Å². The van der Waals surface area contributed by atoms with E-state index in [1.165, 1.54) is 5.56 Å². The average Bonchev–Trinajstić information content (AvgIpc) is 2.35. The normalized spacial score (nSPS) is 12.0. The van der Waals surface area contributed by atoms with Gasteiger partial charge in [0.05, 0.1) is 6.54 Å². The Kier molecular flexibility index (Phi) is 5.16. The van der Waals surface area contributed by atoms with Crippen LogP contribution >= 0.6 is 23.2 Å². The van der Waals surface area contributed by atoms with Gasteiger partial charge in [0.2, 0.25) is 0 Å². The van der Waals surface area contributed by atoms with Crippen LogP contribution in [-0.2, 0) is 0 Å². The third-order valence-electron chi connectivity index (χ3n) is 2.78. The molecule has 0 saturated carbocycles. The lowest BCUT2D eigenvalue weighted by atomic mass is 10.2. The summed E-state index contributed by atoms with van der Waals surface area (Å²) in [6.07, 6.45) is 0.0366. The maximum absolute atomic E-state index is 5.96. The largest absolute Gasteiger partial charge is 0.489 e. The van der Waals surface area contributed by atoms with Gasteiger partial charge in [-0.2, -0.15) is 0 Å². The molecule has 2 rings (SSSR count). The van der Waals surface area contributed by atoms with Gasteiger partial charge in [-0.15, -0.1) is 0 Å². The molecule has 0 aliphatic rings. The van der Waals surface area contributed by atoms with Crippen LogP contribution in [0.4, 0.5) is 5.69 Å². The second-order valence-electron chi connectivity index (χ2n) is 4.78. The van der Waals surface area contributed by atoms with E-state index in [1.807, 2.05) is 50.2 Å². The number of nitrogens with one attached hydrogen (secondary N) is 1. The summed E-state index contributed by atoms with van der Waals surface area (Å²) in [5.74, 6) is 0.878. The molecule has 0 bridgehead atoms. The van der Waals surface area contributed by atoms with E-state index in [9.17, 15) is 0 Å². The molecule has 20 heavy (non-hydrogen) atoms. The number of halogens is 2. The maximum atomic E-state index is 5.96. The van der Waals surface area contributed by atoms with E-state index in [0.717, 1.165) is 11.4 Å². The molecule has 2 aromatic rings. The maximum Gasteiger partial charge on any atom is 0.120 e. The van der Waals surface area contributed by atoms with Crippen molar-refractivity contribution in [1.29, 1.82) is 0 Å². The Balaban J connectivity index is 1.90. The van der Waals surface area contributed by atoms with Gasteiger partial charge in [-0.3, -0.25) is 0 Å². The summed E-state index contributed by atoms with van der Waals surface area (Å²) in [6, 6.07) is 13.4. The first-order valence-electron chi connectivity index (χ1n) is 6.46. The molecule has 0 fully saturated rings. The van der Waals surface area contributed by atoms with Crippen molar-refractivity contribution in [2.75, 3.05) is 11.9 Å². The average molecular weight is 310 g/mol. The van der Waals surface area contributed by atoms with Crippen molar-refractivity contribution < 1.29 is 4.74 Å². The number of rotatable bonds is 5. The zero-order chi connectivity index (χ0) is 14.5. The lowest BCUT2D eigenvalue weighted by Gasteiger charge is -2.16. The van der Waals surface area contributed by atoms with Crippen molar-refractivity contribution in [3.63, 3.8) is 0 Å². The third-order valence-corrected chi connectivity index (χ3v) is 3.22. The first-order valence-corrected chi connectivity index (χ1v) is 7.22. The molecular formula is C16H17Cl2NO. The molecule has 0 heterocycles. The van der Waals surface area contributed by atoms with Crippen molar-refractivity contribution in [3.05, 3.63) is 58.1 Å². The molecule has 1 N–H and O–H groups in total. The molecule has 2 aromatic carbocycles. The molecule has 4 heteroatoms. The highest BCUT2D eigenvalue weighted by molar-refractivity contribution is 6.35. The van der Waals surface area contributed by atoms with Gasteiger partial charge in [0.1, 0.15) is 11.9 Å². The Hall–Kier alpha value is -1.38. The summed E-state index contributed by atoms with van der Waals surface area (Å²) >= 11 is 11.9. The number of anilines is 1. The Morgan fingerprint density at radius 3 is 2.45 bits per heavy atom. The van der Waals surface area contributed by atoms with E-state index in [2.05, 4.69) is 5.32 Å². The predicted octanol–water partition coefficient (Wildman–Crippen LogP) is 5.18. The van der Waals surface area contributed by atoms with E-state index < -0.39 is 0 Å². The van der Waals surface area contributed by atoms with Crippen LogP contribution in [0.5, 0.6) is 5.75 Å². The third kappa shape index (κ3) is 4.62. The van der Waals surface area contributed by atoms with Crippen molar-refractivity contribution >= 4 is 28.9 Å². The number of benzene rings is 2. The van der Waals surface area contributed by atoms with Gasteiger partial charge in [0, 0.05) is 15.7 Å². The standard InChI is InChI=1S/C16H17Cl2NO/c1-11-4-3-5-16(6-11)20-12(2)10-19-15-8-13(17)7-14(18)9-15/h3-9,12,19H,10H2,1-2H3/t12-/m1/s1. The Labute approximate surface area is 129 Å². The summed E-state index contributed by atoms with van der Waals surface area (Å²) < 4.78 is 5.85. The second kappa shape index (κ2) is 6.87. The fraction of sp³-hybridized carbons (Fsp3) is 0.250. The number of aryl methyl sites for hydroxylation is 1. The lowest BCUT2D eigenvalue weighted by molar-refractivity contribution is 0.234. The highest BCUT2D eigenvalue weighted by atomic mass is 35.5. The quantitative estimate of drug-likeness (QED) is 0.821. The van der Waals surface area contributed by atoms with Gasteiger partial charge in [0.25, 0.3) is 0 Å². The van der Waals surface area contributed by atoms with E-state index in [1.54, 1.807) is 6.07 Å². The molecular weight excluding hydrogens is 293 g/mol. The summed E-state index contributed by atoms with van der Waals surface area (Å²) in [5, 5.41) is 4.50.